The van der Waals surface area contributed by atoms with Gasteiger partial charge in [-0.15, -0.1) is 0 Å². The molecular weight excluding hydrogens is 508 g/mol. The summed E-state index contributed by atoms with van der Waals surface area (Å²) >= 11 is 4.28. The minimum atomic E-state index is -0.439. The van der Waals surface area contributed by atoms with Crippen molar-refractivity contribution >= 4 is 50.6 Å². The highest BCUT2D eigenvalue weighted by molar-refractivity contribution is 9.10. The summed E-state index contributed by atoms with van der Waals surface area (Å²) in [4.78, 5) is 37.3. The quantitative estimate of drug-likeness (QED) is 0.208. The van der Waals surface area contributed by atoms with E-state index >= 15 is 0 Å². The summed E-state index contributed by atoms with van der Waals surface area (Å²) in [5.74, 6) is 0.207. The molecule has 3 aromatic carbocycles. The Morgan fingerprint density at radius 3 is 2.39 bits per heavy atom. The van der Waals surface area contributed by atoms with Crippen molar-refractivity contribution in [3.63, 3.8) is 0 Å². The van der Waals surface area contributed by atoms with Crippen LogP contribution in [0.5, 0.6) is 5.75 Å². The van der Waals surface area contributed by atoms with Gasteiger partial charge in [-0.3, -0.25) is 24.6 Å². The van der Waals surface area contributed by atoms with Crippen LogP contribution >= 0.6 is 27.7 Å². The number of halogens is 1. The Hall–Kier alpha value is -3.43. The molecule has 0 aromatic heterocycles. The second kappa shape index (κ2) is 10.0. The van der Waals surface area contributed by atoms with Crippen LogP contribution in [0.1, 0.15) is 16.7 Å². The third-order valence-electron chi connectivity index (χ3n) is 4.89. The number of hydrogen-bond donors (Lipinski definition) is 0. The number of nitrogens with zero attached hydrogens (tertiary/aromatic N) is 2. The molecule has 0 spiro atoms. The molecule has 1 aliphatic heterocycles. The van der Waals surface area contributed by atoms with Gasteiger partial charge in [0, 0.05) is 10.5 Å². The maximum atomic E-state index is 12.7. The van der Waals surface area contributed by atoms with Crippen molar-refractivity contribution in [2.75, 3.05) is 0 Å². The first-order valence-electron chi connectivity index (χ1n) is 9.86. The van der Waals surface area contributed by atoms with Gasteiger partial charge >= 0.3 is 0 Å². The Morgan fingerprint density at radius 1 is 1.00 bits per heavy atom. The normalized spacial score (nSPS) is 14.7. The number of ether oxygens (including phenoxy) is 1. The predicted molar refractivity (Wildman–Crippen MR) is 130 cm³/mol. The zero-order chi connectivity index (χ0) is 23.4. The lowest BCUT2D eigenvalue weighted by Gasteiger charge is -2.12. The lowest BCUT2D eigenvalue weighted by molar-refractivity contribution is -0.385. The van der Waals surface area contributed by atoms with E-state index in [0.717, 1.165) is 27.4 Å². The fraction of sp³-hybridized carbons (Fsp3) is 0.0833. The van der Waals surface area contributed by atoms with Crippen molar-refractivity contribution in [3.8, 4) is 5.75 Å². The molecule has 0 atom stereocenters. The van der Waals surface area contributed by atoms with Crippen molar-refractivity contribution in [2.45, 2.75) is 13.2 Å². The van der Waals surface area contributed by atoms with Crippen LogP contribution in [0.4, 0.5) is 10.5 Å². The van der Waals surface area contributed by atoms with Crippen molar-refractivity contribution in [3.05, 3.63) is 109 Å². The molecular formula is C24H17BrN2O5S. The third-order valence-corrected chi connectivity index (χ3v) is 6.32. The average molecular weight is 525 g/mol. The van der Waals surface area contributed by atoms with Crippen LogP contribution in [0.3, 0.4) is 0 Å². The number of para-hydroxylation sites is 1. The van der Waals surface area contributed by atoms with E-state index in [1.807, 2.05) is 24.3 Å². The Bertz CT molecular complexity index is 1240. The number of nitro groups is 1. The van der Waals surface area contributed by atoms with Crippen LogP contribution in [-0.4, -0.2) is 21.0 Å². The lowest BCUT2D eigenvalue weighted by Crippen LogP contribution is -2.27. The first kappa shape index (κ1) is 22.8. The van der Waals surface area contributed by atoms with Crippen LogP contribution in [0.2, 0.25) is 0 Å². The predicted octanol–water partition coefficient (Wildman–Crippen LogP) is 6.17. The van der Waals surface area contributed by atoms with E-state index in [1.54, 1.807) is 48.5 Å². The Balaban J connectivity index is 1.41. The molecule has 0 saturated carbocycles. The Morgan fingerprint density at radius 2 is 1.70 bits per heavy atom. The minimum Gasteiger partial charge on any atom is -0.489 e. The van der Waals surface area contributed by atoms with Crippen LogP contribution in [0.15, 0.2) is 82.2 Å². The third kappa shape index (κ3) is 5.50. The van der Waals surface area contributed by atoms with Gasteiger partial charge in [-0.25, -0.2) is 0 Å². The second-order valence-electron chi connectivity index (χ2n) is 7.14. The van der Waals surface area contributed by atoms with Gasteiger partial charge < -0.3 is 4.74 Å². The second-order valence-corrected chi connectivity index (χ2v) is 9.05. The van der Waals surface area contributed by atoms with Crippen molar-refractivity contribution in [1.29, 1.82) is 0 Å². The molecule has 1 aliphatic rings. The standard InChI is InChI=1S/C24H17BrN2O5S/c25-19-9-5-17(6-10-19)14-26-23(28)22(33-24(26)29)13-16-7-11-20(12-8-16)32-15-18-3-1-2-4-21(18)27(30)31/h1-13H,14-15H2/b22-13-. The number of rotatable bonds is 7. The maximum absolute atomic E-state index is 12.7. The molecule has 1 saturated heterocycles. The van der Waals surface area contributed by atoms with Gasteiger partial charge in [-0.2, -0.15) is 0 Å². The van der Waals surface area contributed by atoms with Crippen LogP contribution in [-0.2, 0) is 17.9 Å². The number of benzene rings is 3. The van der Waals surface area contributed by atoms with Gasteiger partial charge in [-0.1, -0.05) is 52.3 Å². The van der Waals surface area contributed by atoms with Gasteiger partial charge in [0.25, 0.3) is 16.8 Å². The zero-order valence-electron chi connectivity index (χ0n) is 17.1. The molecule has 1 fully saturated rings. The molecule has 1 heterocycles. The number of carbonyl (C=O) groups is 2. The smallest absolute Gasteiger partial charge is 0.293 e. The van der Waals surface area contributed by atoms with Crippen molar-refractivity contribution in [2.24, 2.45) is 0 Å². The summed E-state index contributed by atoms with van der Waals surface area (Å²) in [7, 11) is 0. The van der Waals surface area contributed by atoms with Gasteiger partial charge in [-0.05, 0) is 59.3 Å². The highest BCUT2D eigenvalue weighted by Gasteiger charge is 2.34. The molecule has 0 N–H and O–H groups in total. The van der Waals surface area contributed by atoms with E-state index in [1.165, 1.54) is 11.0 Å². The molecule has 2 amide bonds. The largest absolute Gasteiger partial charge is 0.489 e. The number of carbonyl (C=O) groups excluding carboxylic acids is 2. The topological polar surface area (TPSA) is 89.7 Å². The molecule has 0 radical (unpaired) electrons. The van der Waals surface area contributed by atoms with Crippen molar-refractivity contribution in [1.82, 2.24) is 4.90 Å². The van der Waals surface area contributed by atoms with E-state index in [0.29, 0.717) is 16.2 Å². The molecule has 7 nitrogen and oxygen atoms in total. The SMILES string of the molecule is O=C1S/C(=C\c2ccc(OCc3ccccc3[N+](=O)[O-])cc2)C(=O)N1Cc1ccc(Br)cc1. The average Bonchev–Trinajstić information content (AvgIpc) is 3.07. The summed E-state index contributed by atoms with van der Waals surface area (Å²) in [5, 5.41) is 10.8. The fourth-order valence-electron chi connectivity index (χ4n) is 3.19. The molecule has 0 unspecified atom stereocenters. The van der Waals surface area contributed by atoms with Crippen molar-refractivity contribution < 1.29 is 19.2 Å². The van der Waals surface area contributed by atoms with E-state index in [-0.39, 0.29) is 30.0 Å². The van der Waals surface area contributed by atoms with E-state index in [2.05, 4.69) is 15.9 Å². The van der Waals surface area contributed by atoms with Gasteiger partial charge in [0.2, 0.25) is 0 Å². The van der Waals surface area contributed by atoms with Crippen LogP contribution < -0.4 is 4.74 Å². The number of thioether (sulfide) groups is 1. The fourth-order valence-corrected chi connectivity index (χ4v) is 4.30. The Kier molecular flexibility index (Phi) is 6.90. The van der Waals surface area contributed by atoms with Gasteiger partial charge in [0.05, 0.1) is 21.9 Å². The first-order valence-corrected chi connectivity index (χ1v) is 11.5. The van der Waals surface area contributed by atoms with Crippen LogP contribution in [0, 0.1) is 10.1 Å². The molecule has 0 bridgehead atoms. The van der Waals surface area contributed by atoms with E-state index in [9.17, 15) is 19.7 Å². The highest BCUT2D eigenvalue weighted by atomic mass is 79.9. The number of nitro benzene ring substituents is 1. The van der Waals surface area contributed by atoms with Gasteiger partial charge in [0.15, 0.2) is 0 Å². The summed E-state index contributed by atoms with van der Waals surface area (Å²) in [6.07, 6.45) is 1.66. The molecule has 33 heavy (non-hydrogen) atoms. The minimum absolute atomic E-state index is 0.00739. The molecule has 0 aliphatic carbocycles. The molecule has 166 valence electrons. The van der Waals surface area contributed by atoms with E-state index in [4.69, 9.17) is 4.74 Å². The zero-order valence-corrected chi connectivity index (χ0v) is 19.5. The summed E-state index contributed by atoms with van der Waals surface area (Å²) < 4.78 is 6.60. The first-order chi connectivity index (χ1) is 15.9. The maximum Gasteiger partial charge on any atom is 0.293 e. The van der Waals surface area contributed by atoms with Gasteiger partial charge in [0.1, 0.15) is 12.4 Å². The summed E-state index contributed by atoms with van der Waals surface area (Å²) in [5.41, 5.74) is 2.09. The lowest BCUT2D eigenvalue weighted by atomic mass is 10.2. The summed E-state index contributed by atoms with van der Waals surface area (Å²) in [6, 6.07) is 20.8. The highest BCUT2D eigenvalue weighted by Crippen LogP contribution is 2.33. The molecule has 3 aromatic rings. The Labute approximate surface area is 202 Å². The monoisotopic (exact) mass is 524 g/mol. The summed E-state index contributed by atoms with van der Waals surface area (Å²) in [6.45, 7) is 0.277. The number of amides is 2. The number of imide groups is 1. The molecule has 4 rings (SSSR count). The number of hydrogen-bond acceptors (Lipinski definition) is 6. The van der Waals surface area contributed by atoms with Crippen LogP contribution in [0.25, 0.3) is 6.08 Å². The van der Waals surface area contributed by atoms with E-state index < -0.39 is 4.92 Å². The molecule has 9 heteroatoms.